The number of carbonyl (C=O) groups is 2. The van der Waals surface area contributed by atoms with E-state index in [9.17, 15) is 14.7 Å². The van der Waals surface area contributed by atoms with Gasteiger partial charge in [-0.15, -0.1) is 0 Å². The van der Waals surface area contributed by atoms with Crippen molar-refractivity contribution in [3.63, 3.8) is 0 Å². The zero-order valence-electron chi connectivity index (χ0n) is 24.2. The van der Waals surface area contributed by atoms with Crippen LogP contribution in [0.2, 0.25) is 0 Å². The van der Waals surface area contributed by atoms with Gasteiger partial charge >= 0.3 is 12.0 Å². The van der Waals surface area contributed by atoms with Crippen LogP contribution in [0.15, 0.2) is 48.5 Å². The molecule has 218 valence electrons. The maximum absolute atomic E-state index is 13.0. The average Bonchev–Trinajstić information content (AvgIpc) is 3.38. The number of carbonyl (C=O) groups excluding carboxylic acids is 2. The highest BCUT2D eigenvalue weighted by molar-refractivity contribution is 5.89. The van der Waals surface area contributed by atoms with Crippen molar-refractivity contribution in [1.29, 1.82) is 0 Å². The van der Waals surface area contributed by atoms with Crippen molar-refractivity contribution in [2.75, 3.05) is 25.0 Å². The molecule has 9 nitrogen and oxygen atoms in total. The van der Waals surface area contributed by atoms with Crippen molar-refractivity contribution in [3.8, 4) is 0 Å². The first-order valence-corrected chi connectivity index (χ1v) is 14.2. The molecule has 2 aliphatic heterocycles. The summed E-state index contributed by atoms with van der Waals surface area (Å²) in [7, 11) is 0. The molecule has 0 saturated carbocycles. The number of nitrogens with one attached hydrogen (secondary N) is 2. The van der Waals surface area contributed by atoms with Gasteiger partial charge in [-0.05, 0) is 70.3 Å². The quantitative estimate of drug-likeness (QED) is 0.398. The van der Waals surface area contributed by atoms with Crippen molar-refractivity contribution >= 4 is 17.7 Å². The van der Waals surface area contributed by atoms with Gasteiger partial charge in [-0.2, -0.15) is 0 Å². The molecular weight excluding hydrogens is 510 g/mol. The third-order valence-electron chi connectivity index (χ3n) is 7.36. The first-order valence-electron chi connectivity index (χ1n) is 14.2. The van der Waals surface area contributed by atoms with E-state index in [0.29, 0.717) is 18.8 Å². The second kappa shape index (κ2) is 13.1. The molecule has 2 saturated heterocycles. The highest BCUT2D eigenvalue weighted by Gasteiger charge is 2.42. The lowest BCUT2D eigenvalue weighted by Crippen LogP contribution is -2.48. The first kappa shape index (κ1) is 30.0. The van der Waals surface area contributed by atoms with Crippen LogP contribution < -0.4 is 10.6 Å². The zero-order chi connectivity index (χ0) is 28.9. The number of hydrogen-bond acceptors (Lipinski definition) is 7. The summed E-state index contributed by atoms with van der Waals surface area (Å²) in [5.41, 5.74) is 2.80. The van der Waals surface area contributed by atoms with Crippen LogP contribution in [0.1, 0.15) is 76.5 Å². The van der Waals surface area contributed by atoms with Crippen LogP contribution >= 0.6 is 0 Å². The van der Waals surface area contributed by atoms with Crippen LogP contribution in [-0.4, -0.2) is 59.4 Å². The Labute approximate surface area is 237 Å². The molecule has 2 aliphatic rings. The van der Waals surface area contributed by atoms with Crippen molar-refractivity contribution < 1.29 is 28.9 Å². The van der Waals surface area contributed by atoms with E-state index >= 15 is 0 Å². The molecule has 2 amide bonds. The molecule has 2 heterocycles. The number of amides is 2. The number of ether oxygens (including phenoxy) is 3. The minimum atomic E-state index is -0.634. The van der Waals surface area contributed by atoms with Crippen LogP contribution in [0.5, 0.6) is 0 Å². The maximum atomic E-state index is 13.0. The molecule has 0 bridgehead atoms. The largest absolute Gasteiger partial charge is 0.459 e. The monoisotopic (exact) mass is 553 g/mol. The van der Waals surface area contributed by atoms with Gasteiger partial charge in [0.25, 0.3) is 0 Å². The SMILES string of the molecule is CCNC(=O)Nc1ccc([C@@H]2O[C@H](CN3CCC[C@H]3C(=O)OC(C)(C)C)[C@H](C)[C@H](c3ccc(CO)cc3)O2)cc1. The van der Waals surface area contributed by atoms with Crippen LogP contribution in [0.3, 0.4) is 0 Å². The molecule has 3 N–H and O–H groups in total. The number of urea groups is 1. The molecule has 4 rings (SSSR count). The molecular formula is C31H43N3O6. The number of anilines is 1. The van der Waals surface area contributed by atoms with Crippen molar-refractivity contribution in [1.82, 2.24) is 10.2 Å². The van der Waals surface area contributed by atoms with Crippen molar-refractivity contribution in [2.24, 2.45) is 5.92 Å². The van der Waals surface area contributed by atoms with E-state index in [1.54, 1.807) is 0 Å². The van der Waals surface area contributed by atoms with Gasteiger partial charge in [0.2, 0.25) is 0 Å². The van der Waals surface area contributed by atoms with Gasteiger partial charge in [0.05, 0.1) is 18.8 Å². The highest BCUT2D eigenvalue weighted by atomic mass is 16.7. The summed E-state index contributed by atoms with van der Waals surface area (Å²) in [6, 6.07) is 14.7. The van der Waals surface area contributed by atoms with Crippen LogP contribution in [0.4, 0.5) is 10.5 Å². The Morgan fingerprint density at radius 3 is 2.35 bits per heavy atom. The molecule has 0 unspecified atom stereocenters. The van der Waals surface area contributed by atoms with Crippen molar-refractivity contribution in [2.45, 2.75) is 84.2 Å². The summed E-state index contributed by atoms with van der Waals surface area (Å²) >= 11 is 0. The Hall–Kier alpha value is -2.98. The number of esters is 1. The van der Waals surface area contributed by atoms with E-state index in [2.05, 4.69) is 22.5 Å². The second-order valence-corrected chi connectivity index (χ2v) is 11.6. The Balaban J connectivity index is 1.56. The lowest BCUT2D eigenvalue weighted by atomic mass is 9.90. The molecule has 9 heteroatoms. The van der Waals surface area contributed by atoms with E-state index in [-0.39, 0.29) is 42.8 Å². The standard InChI is InChI=1S/C31H43N3O6/c1-6-32-30(37)33-24-15-13-23(14-16-24)29-38-26(18-34-17-7-8-25(34)28(36)40-31(3,4)5)20(2)27(39-29)22-11-9-21(19-35)10-12-22/h9-16,20,25-27,29,35H,6-8,17-19H2,1-5H3,(H2,32,33,37)/t20-,25-,26+,27+,29+/m0/s1. The van der Waals surface area contributed by atoms with Gasteiger partial charge in [0.1, 0.15) is 11.6 Å². The Bertz CT molecular complexity index is 1130. The van der Waals surface area contributed by atoms with E-state index in [1.807, 2.05) is 76.2 Å². The predicted molar refractivity (Wildman–Crippen MR) is 153 cm³/mol. The fraction of sp³-hybridized carbons (Fsp3) is 0.548. The van der Waals surface area contributed by atoms with E-state index in [0.717, 1.165) is 36.1 Å². The number of rotatable bonds is 8. The van der Waals surface area contributed by atoms with E-state index in [4.69, 9.17) is 14.2 Å². The number of likely N-dealkylation sites (tertiary alicyclic amines) is 1. The summed E-state index contributed by atoms with van der Waals surface area (Å²) < 4.78 is 18.8. The number of aliphatic hydroxyl groups is 1. The molecule has 0 aliphatic carbocycles. The Morgan fingerprint density at radius 1 is 1.05 bits per heavy atom. The molecule has 2 aromatic rings. The van der Waals surface area contributed by atoms with Gasteiger partial charge < -0.3 is 30.0 Å². The summed E-state index contributed by atoms with van der Waals surface area (Å²) in [5, 5.41) is 15.0. The van der Waals surface area contributed by atoms with E-state index < -0.39 is 11.9 Å². The normalized spacial score (nSPS) is 25.4. The molecule has 2 aromatic carbocycles. The van der Waals surface area contributed by atoms with E-state index in [1.165, 1.54) is 0 Å². The lowest BCUT2D eigenvalue weighted by molar-refractivity contribution is -0.276. The minimum absolute atomic E-state index is 0.00482. The lowest BCUT2D eigenvalue weighted by Gasteiger charge is -2.43. The highest BCUT2D eigenvalue weighted by Crippen LogP contribution is 2.42. The van der Waals surface area contributed by atoms with Gasteiger partial charge in [0, 0.05) is 30.3 Å². The first-order chi connectivity index (χ1) is 19.1. The number of hydrogen-bond donors (Lipinski definition) is 3. The average molecular weight is 554 g/mol. The zero-order valence-corrected chi connectivity index (χ0v) is 24.2. The minimum Gasteiger partial charge on any atom is -0.459 e. The van der Waals surface area contributed by atoms with Crippen LogP contribution in [0, 0.1) is 5.92 Å². The molecule has 0 spiro atoms. The molecule has 2 fully saturated rings. The topological polar surface area (TPSA) is 109 Å². The van der Waals surface area contributed by atoms with Crippen LogP contribution in [0.25, 0.3) is 0 Å². The second-order valence-electron chi connectivity index (χ2n) is 11.6. The van der Waals surface area contributed by atoms with Gasteiger partial charge in [-0.1, -0.05) is 43.3 Å². The summed E-state index contributed by atoms with van der Waals surface area (Å²) in [4.78, 5) is 27.1. The third-order valence-corrected chi connectivity index (χ3v) is 7.36. The number of nitrogens with zero attached hydrogens (tertiary/aromatic N) is 1. The predicted octanol–water partition coefficient (Wildman–Crippen LogP) is 4.92. The summed E-state index contributed by atoms with van der Waals surface area (Å²) in [5.74, 6) is -0.192. The number of aliphatic hydroxyl groups excluding tert-OH is 1. The summed E-state index contributed by atoms with van der Waals surface area (Å²) in [6.45, 7) is 11.6. The van der Waals surface area contributed by atoms with Gasteiger partial charge in [-0.3, -0.25) is 9.69 Å². The molecule has 40 heavy (non-hydrogen) atoms. The summed E-state index contributed by atoms with van der Waals surface area (Å²) in [6.07, 6.45) is 0.591. The fourth-order valence-electron chi connectivity index (χ4n) is 5.30. The molecule has 5 atom stereocenters. The van der Waals surface area contributed by atoms with Crippen LogP contribution in [-0.2, 0) is 25.6 Å². The Kier molecular flexibility index (Phi) is 9.84. The fourth-order valence-corrected chi connectivity index (χ4v) is 5.30. The molecule has 0 aromatic heterocycles. The third kappa shape index (κ3) is 7.60. The Morgan fingerprint density at radius 2 is 1.73 bits per heavy atom. The van der Waals surface area contributed by atoms with Gasteiger partial charge in [0.15, 0.2) is 6.29 Å². The van der Waals surface area contributed by atoms with Crippen molar-refractivity contribution in [3.05, 3.63) is 65.2 Å². The maximum Gasteiger partial charge on any atom is 0.323 e. The van der Waals surface area contributed by atoms with Gasteiger partial charge in [-0.25, -0.2) is 4.79 Å². The molecule has 0 radical (unpaired) electrons. The smallest absolute Gasteiger partial charge is 0.323 e. The number of benzene rings is 2.